The molecule has 3 aliphatic carbocycles. The molecule has 1 aromatic carbocycles. The summed E-state index contributed by atoms with van der Waals surface area (Å²) in [5.74, 6) is 0.283. The van der Waals surface area contributed by atoms with Gasteiger partial charge in [0.1, 0.15) is 0 Å². The fourth-order valence-corrected chi connectivity index (χ4v) is 4.74. The largest absolute Gasteiger partial charge is 0.393 e. The monoisotopic (exact) mass is 267 g/mol. The summed E-state index contributed by atoms with van der Waals surface area (Å²) in [5, 5.41) is 9.68. The average molecular weight is 267 g/mol. The van der Waals surface area contributed by atoms with Crippen molar-refractivity contribution in [2.45, 2.75) is 42.7 Å². The normalized spacial score (nSPS) is 34.3. The lowest BCUT2D eigenvalue weighted by Crippen LogP contribution is -2.51. The highest BCUT2D eigenvalue weighted by Gasteiger charge is 2.57. The lowest BCUT2D eigenvalue weighted by atomic mass is 9.78. The van der Waals surface area contributed by atoms with E-state index in [-0.39, 0.29) is 12.0 Å². The lowest BCUT2D eigenvalue weighted by Gasteiger charge is -2.38. The minimum atomic E-state index is -3.47. The van der Waals surface area contributed by atoms with Gasteiger partial charge in [-0.1, -0.05) is 12.1 Å². The van der Waals surface area contributed by atoms with Gasteiger partial charge >= 0.3 is 0 Å². The van der Waals surface area contributed by atoms with Crippen molar-refractivity contribution in [2.75, 3.05) is 0 Å². The van der Waals surface area contributed by atoms with Crippen molar-refractivity contribution < 1.29 is 13.5 Å². The van der Waals surface area contributed by atoms with Crippen LogP contribution in [0.3, 0.4) is 0 Å². The van der Waals surface area contributed by atoms with Crippen molar-refractivity contribution in [3.05, 3.63) is 29.8 Å². The van der Waals surface area contributed by atoms with E-state index >= 15 is 0 Å². The summed E-state index contributed by atoms with van der Waals surface area (Å²) in [7, 11) is -3.47. The fraction of sp³-hybridized carbons (Fsp3) is 0.538. The summed E-state index contributed by atoms with van der Waals surface area (Å²) in [4.78, 5) is 0.307. The van der Waals surface area contributed by atoms with Gasteiger partial charge in [-0.05, 0) is 49.8 Å². The summed E-state index contributed by atoms with van der Waals surface area (Å²) in [6, 6.07) is 6.89. The number of aliphatic hydroxyl groups excluding tert-OH is 1. The highest BCUT2D eigenvalue weighted by Crippen LogP contribution is 2.52. The molecule has 0 aliphatic heterocycles. The zero-order valence-corrected chi connectivity index (χ0v) is 11.1. The molecule has 4 rings (SSSR count). The lowest BCUT2D eigenvalue weighted by molar-refractivity contribution is 0.126. The molecule has 0 spiro atoms. The second-order valence-corrected chi connectivity index (χ2v) is 7.32. The van der Waals surface area contributed by atoms with Gasteiger partial charge in [0.05, 0.1) is 11.0 Å². The van der Waals surface area contributed by atoms with Crippen LogP contribution in [0.15, 0.2) is 29.2 Å². The Labute approximate surface area is 107 Å². The second kappa shape index (κ2) is 3.79. The van der Waals surface area contributed by atoms with Gasteiger partial charge in [0, 0.05) is 5.54 Å². The number of fused-ring (bicyclic) bond motifs is 1. The van der Waals surface area contributed by atoms with E-state index in [0.29, 0.717) is 11.3 Å². The van der Waals surface area contributed by atoms with Gasteiger partial charge in [-0.2, -0.15) is 0 Å². The van der Waals surface area contributed by atoms with Crippen LogP contribution in [0.1, 0.15) is 24.8 Å². The van der Waals surface area contributed by atoms with Crippen LogP contribution in [0.25, 0.3) is 0 Å². The number of benzene rings is 1. The van der Waals surface area contributed by atoms with E-state index in [4.69, 9.17) is 0 Å². The molecule has 0 heterocycles. The smallest absolute Gasteiger partial charge is 0.241 e. The summed E-state index contributed by atoms with van der Waals surface area (Å²) in [5.41, 5.74) is 0.528. The molecule has 4 nitrogen and oxygen atoms in total. The average Bonchev–Trinajstić information content (AvgIpc) is 2.68. The third-order valence-corrected chi connectivity index (χ3v) is 5.68. The number of aryl methyl sites for hydroxylation is 1. The third kappa shape index (κ3) is 1.86. The maximum Gasteiger partial charge on any atom is 0.241 e. The van der Waals surface area contributed by atoms with Crippen LogP contribution < -0.4 is 4.72 Å². The van der Waals surface area contributed by atoms with Crippen LogP contribution in [0.5, 0.6) is 0 Å². The second-order valence-electron chi connectivity index (χ2n) is 5.64. The van der Waals surface area contributed by atoms with Gasteiger partial charge in [-0.3, -0.25) is 0 Å². The van der Waals surface area contributed by atoms with Crippen molar-refractivity contribution in [3.8, 4) is 0 Å². The molecule has 0 amide bonds. The van der Waals surface area contributed by atoms with Crippen molar-refractivity contribution in [1.82, 2.24) is 4.72 Å². The zero-order chi connectivity index (χ0) is 13.0. The molecule has 98 valence electrons. The number of hydrogen-bond acceptors (Lipinski definition) is 3. The molecule has 5 heteroatoms. The van der Waals surface area contributed by atoms with E-state index in [9.17, 15) is 13.5 Å². The molecule has 0 saturated heterocycles. The molecule has 3 fully saturated rings. The first-order valence-electron chi connectivity index (χ1n) is 6.19. The Balaban J connectivity index is 1.84. The van der Waals surface area contributed by atoms with E-state index in [1.54, 1.807) is 18.2 Å². The van der Waals surface area contributed by atoms with Crippen LogP contribution in [0.2, 0.25) is 0 Å². The molecule has 0 radical (unpaired) electrons. The summed E-state index contributed by atoms with van der Waals surface area (Å²) < 4.78 is 27.4. The predicted octanol–water partition coefficient (Wildman–Crippen LogP) is 1.19. The maximum atomic E-state index is 12.3. The summed E-state index contributed by atoms with van der Waals surface area (Å²) >= 11 is 0. The predicted molar refractivity (Wildman–Crippen MR) is 67.6 cm³/mol. The van der Waals surface area contributed by atoms with Gasteiger partial charge in [0.15, 0.2) is 0 Å². The van der Waals surface area contributed by atoms with E-state index in [1.807, 2.05) is 13.0 Å². The van der Waals surface area contributed by atoms with Gasteiger partial charge in [-0.15, -0.1) is 0 Å². The van der Waals surface area contributed by atoms with E-state index in [1.165, 1.54) is 0 Å². The number of nitrogens with one attached hydrogen (secondary N) is 1. The summed E-state index contributed by atoms with van der Waals surface area (Å²) in [6.45, 7) is 1.87. The SMILES string of the molecule is Cc1cccc(S(=O)(=O)NC23CC(C2)[C@@H](O)C3)c1. The van der Waals surface area contributed by atoms with E-state index in [2.05, 4.69) is 4.72 Å². The third-order valence-electron chi connectivity index (χ3n) is 4.10. The zero-order valence-electron chi connectivity index (χ0n) is 10.3. The van der Waals surface area contributed by atoms with Gasteiger partial charge in [0.25, 0.3) is 0 Å². The van der Waals surface area contributed by atoms with Gasteiger partial charge < -0.3 is 5.11 Å². The van der Waals surface area contributed by atoms with Crippen molar-refractivity contribution >= 4 is 10.0 Å². The molecule has 3 aliphatic rings. The van der Waals surface area contributed by atoms with E-state index in [0.717, 1.165) is 18.4 Å². The molecule has 0 aromatic heterocycles. The van der Waals surface area contributed by atoms with Crippen LogP contribution in [0.4, 0.5) is 0 Å². The fourth-order valence-electron chi connectivity index (χ4n) is 3.20. The van der Waals surface area contributed by atoms with Crippen molar-refractivity contribution in [1.29, 1.82) is 0 Å². The number of sulfonamides is 1. The first-order valence-corrected chi connectivity index (χ1v) is 7.67. The topological polar surface area (TPSA) is 66.4 Å². The number of rotatable bonds is 3. The molecule has 2 bridgehead atoms. The minimum Gasteiger partial charge on any atom is -0.393 e. The Hall–Kier alpha value is -0.910. The summed E-state index contributed by atoms with van der Waals surface area (Å²) in [6.07, 6.45) is 1.73. The Bertz CT molecular complexity index is 576. The van der Waals surface area contributed by atoms with Gasteiger partial charge in [-0.25, -0.2) is 13.1 Å². The maximum absolute atomic E-state index is 12.3. The Morgan fingerprint density at radius 1 is 1.33 bits per heavy atom. The van der Waals surface area contributed by atoms with Crippen LogP contribution >= 0.6 is 0 Å². The quantitative estimate of drug-likeness (QED) is 0.864. The molecular weight excluding hydrogens is 250 g/mol. The number of aliphatic hydroxyl groups is 1. The Morgan fingerprint density at radius 2 is 2.06 bits per heavy atom. The van der Waals surface area contributed by atoms with Crippen LogP contribution in [0, 0.1) is 12.8 Å². The first-order chi connectivity index (χ1) is 8.40. The molecule has 1 aromatic rings. The molecule has 3 saturated carbocycles. The number of hydrogen-bond donors (Lipinski definition) is 2. The first kappa shape index (κ1) is 12.1. The highest BCUT2D eigenvalue weighted by molar-refractivity contribution is 7.89. The highest BCUT2D eigenvalue weighted by atomic mass is 32.2. The van der Waals surface area contributed by atoms with Gasteiger partial charge in [0.2, 0.25) is 10.0 Å². The molecule has 1 atom stereocenters. The molecule has 2 N–H and O–H groups in total. The van der Waals surface area contributed by atoms with Crippen LogP contribution in [-0.4, -0.2) is 25.2 Å². The molecular formula is C13H17NO3S. The van der Waals surface area contributed by atoms with Crippen molar-refractivity contribution in [3.63, 3.8) is 0 Å². The molecule has 18 heavy (non-hydrogen) atoms. The van der Waals surface area contributed by atoms with E-state index < -0.39 is 15.6 Å². The standard InChI is InChI=1S/C13H17NO3S/c1-9-3-2-4-11(5-9)18(16,17)14-13-6-10(7-13)12(15)8-13/h2-5,10,12,14-15H,6-8H2,1H3/t10?,12-,13?/m0/s1. The molecule has 0 unspecified atom stereocenters. The Morgan fingerprint density at radius 3 is 2.61 bits per heavy atom. The van der Waals surface area contributed by atoms with Crippen LogP contribution in [-0.2, 0) is 10.0 Å². The van der Waals surface area contributed by atoms with Crippen molar-refractivity contribution in [2.24, 2.45) is 5.92 Å². The minimum absolute atomic E-state index is 0.283. The Kier molecular flexibility index (Phi) is 2.56.